The second-order valence-electron chi connectivity index (χ2n) is 15.4. The Morgan fingerprint density at radius 3 is 2.15 bits per heavy atom. The van der Waals surface area contributed by atoms with E-state index in [1.165, 1.54) is 12.8 Å². The van der Waals surface area contributed by atoms with E-state index in [2.05, 4.69) is 27.7 Å². The molecule has 6 rings (SSSR count). The van der Waals surface area contributed by atoms with Crippen LogP contribution in [0, 0.1) is 39.4 Å². The van der Waals surface area contributed by atoms with E-state index in [0.29, 0.717) is 29.1 Å². The summed E-state index contributed by atoms with van der Waals surface area (Å²) in [6.07, 6.45) is 9.35. The number of hydrogen-bond acceptors (Lipinski definition) is 5. The SMILES string of the molecule is CC(C)(O)[C@@H]1CC[C@](C)([C@H]2[C@@H](O)C[C@@]3(N)C4CC[C@H]5C(C)(C)[C@@H](O)CC[C@@]56CC46CCC23C)O1. The number of fused-ring (bicyclic) bond motifs is 2. The van der Waals surface area contributed by atoms with Gasteiger partial charge in [-0.05, 0) is 118 Å². The Balaban J connectivity index is 1.34. The highest BCUT2D eigenvalue weighted by atomic mass is 16.5. The molecule has 194 valence electrons. The Morgan fingerprint density at radius 1 is 0.853 bits per heavy atom. The molecule has 5 N–H and O–H groups in total. The Kier molecular flexibility index (Phi) is 4.70. The summed E-state index contributed by atoms with van der Waals surface area (Å²) in [5.74, 6) is 1.01. The van der Waals surface area contributed by atoms with Crippen LogP contribution >= 0.6 is 0 Å². The smallest absolute Gasteiger partial charge is 0.0865 e. The molecule has 34 heavy (non-hydrogen) atoms. The number of rotatable bonds is 2. The summed E-state index contributed by atoms with van der Waals surface area (Å²) in [5.41, 5.74) is 6.31. The van der Waals surface area contributed by atoms with Gasteiger partial charge in [0, 0.05) is 11.5 Å². The molecule has 0 radical (unpaired) electrons. The largest absolute Gasteiger partial charge is 0.393 e. The summed E-state index contributed by atoms with van der Waals surface area (Å²) in [6, 6.07) is 0. The van der Waals surface area contributed by atoms with Crippen LogP contribution in [0.4, 0.5) is 0 Å². The molecule has 0 aromatic carbocycles. The normalized spacial score (nSPS) is 60.2. The molecule has 5 saturated carbocycles. The van der Waals surface area contributed by atoms with Gasteiger partial charge in [0.05, 0.1) is 29.5 Å². The Labute approximate surface area is 206 Å². The average Bonchev–Trinajstić information content (AvgIpc) is 3.11. The summed E-state index contributed by atoms with van der Waals surface area (Å²) in [5, 5.41) is 33.1. The van der Waals surface area contributed by atoms with Crippen LogP contribution in [0.5, 0.6) is 0 Å². The van der Waals surface area contributed by atoms with E-state index in [0.717, 1.165) is 44.9 Å². The maximum atomic E-state index is 11.6. The molecule has 6 aliphatic rings. The fourth-order valence-electron chi connectivity index (χ4n) is 11.7. The quantitative estimate of drug-likeness (QED) is 0.481. The molecule has 1 heterocycles. The van der Waals surface area contributed by atoms with Gasteiger partial charge in [0.25, 0.3) is 0 Å². The number of hydrogen-bond donors (Lipinski definition) is 4. The van der Waals surface area contributed by atoms with E-state index in [1.807, 2.05) is 13.8 Å². The van der Waals surface area contributed by atoms with Gasteiger partial charge in [0.15, 0.2) is 0 Å². The van der Waals surface area contributed by atoms with E-state index in [9.17, 15) is 15.3 Å². The van der Waals surface area contributed by atoms with E-state index in [4.69, 9.17) is 10.5 Å². The fraction of sp³-hybridized carbons (Fsp3) is 1.00. The topological polar surface area (TPSA) is 95.9 Å². The first-order valence-electron chi connectivity index (χ1n) is 14.1. The van der Waals surface area contributed by atoms with Crippen LogP contribution < -0.4 is 5.73 Å². The van der Waals surface area contributed by atoms with Crippen molar-refractivity contribution in [2.24, 2.45) is 45.1 Å². The maximum absolute atomic E-state index is 11.6. The monoisotopic (exact) mass is 475 g/mol. The molecule has 6 fully saturated rings. The third-order valence-electron chi connectivity index (χ3n) is 13.4. The summed E-state index contributed by atoms with van der Waals surface area (Å²) < 4.78 is 6.63. The zero-order valence-corrected chi connectivity index (χ0v) is 22.4. The highest BCUT2D eigenvalue weighted by Crippen LogP contribution is 2.87. The van der Waals surface area contributed by atoms with Crippen molar-refractivity contribution in [3.63, 3.8) is 0 Å². The van der Waals surface area contributed by atoms with Gasteiger partial charge in [-0.3, -0.25) is 0 Å². The van der Waals surface area contributed by atoms with Crippen LogP contribution in [0.3, 0.4) is 0 Å². The summed E-state index contributed by atoms with van der Waals surface area (Å²) in [6.45, 7) is 12.8. The second-order valence-corrected chi connectivity index (χ2v) is 15.4. The third-order valence-corrected chi connectivity index (χ3v) is 13.4. The van der Waals surface area contributed by atoms with Crippen molar-refractivity contribution in [1.82, 2.24) is 0 Å². The van der Waals surface area contributed by atoms with Gasteiger partial charge in [0.1, 0.15) is 0 Å². The molecule has 0 amide bonds. The standard InChI is InChI=1S/C29H49NO4/c1-23(2)18-7-8-19-28(16-27(18,28)12-9-20(23)32)14-13-25(5)22(17(31)15-29(19,25)30)26(6)11-10-21(34-26)24(3,4)33/h17-22,31-33H,7-16,30H2,1-6H3/t17-,18-,19?,20-,21-,22-,25?,26+,27+,28?,29+/m0/s1. The van der Waals surface area contributed by atoms with Crippen molar-refractivity contribution in [3.8, 4) is 0 Å². The van der Waals surface area contributed by atoms with Gasteiger partial charge in [-0.25, -0.2) is 0 Å². The second kappa shape index (κ2) is 6.62. The molecule has 2 spiro atoms. The minimum Gasteiger partial charge on any atom is -0.393 e. The molecule has 1 aliphatic heterocycles. The first-order chi connectivity index (χ1) is 15.6. The Hall–Kier alpha value is -0.200. The van der Waals surface area contributed by atoms with Crippen LogP contribution in [0.15, 0.2) is 0 Å². The maximum Gasteiger partial charge on any atom is 0.0865 e. The lowest BCUT2D eigenvalue weighted by atomic mass is 9.43. The number of nitrogens with two attached hydrogens (primary N) is 1. The first-order valence-corrected chi connectivity index (χ1v) is 14.1. The predicted octanol–water partition coefficient (Wildman–Crippen LogP) is 4.16. The van der Waals surface area contributed by atoms with E-state index in [1.54, 1.807) is 0 Å². The molecular formula is C29H49NO4. The van der Waals surface area contributed by atoms with Crippen LogP contribution in [-0.2, 0) is 4.74 Å². The van der Waals surface area contributed by atoms with Crippen molar-refractivity contribution < 1.29 is 20.1 Å². The van der Waals surface area contributed by atoms with Crippen LogP contribution in [-0.4, -0.2) is 50.4 Å². The Morgan fingerprint density at radius 2 is 1.50 bits per heavy atom. The number of ether oxygens (including phenoxy) is 1. The fourth-order valence-corrected chi connectivity index (χ4v) is 11.7. The molecule has 5 nitrogen and oxygen atoms in total. The predicted molar refractivity (Wildman–Crippen MR) is 132 cm³/mol. The highest BCUT2D eigenvalue weighted by molar-refractivity contribution is 5.34. The van der Waals surface area contributed by atoms with Crippen molar-refractivity contribution in [2.75, 3.05) is 0 Å². The number of aliphatic hydroxyl groups is 3. The average molecular weight is 476 g/mol. The van der Waals surface area contributed by atoms with E-state index < -0.39 is 17.3 Å². The van der Waals surface area contributed by atoms with Crippen molar-refractivity contribution in [1.29, 1.82) is 0 Å². The molecule has 0 aromatic rings. The van der Waals surface area contributed by atoms with Gasteiger partial charge in [-0.1, -0.05) is 20.8 Å². The molecule has 5 heteroatoms. The molecule has 0 aromatic heterocycles. The van der Waals surface area contributed by atoms with Gasteiger partial charge >= 0.3 is 0 Å². The lowest BCUT2D eigenvalue weighted by molar-refractivity contribution is -0.182. The minimum absolute atomic E-state index is 0.00765. The highest BCUT2D eigenvalue weighted by Gasteiger charge is 2.83. The van der Waals surface area contributed by atoms with Crippen molar-refractivity contribution in [2.45, 2.75) is 141 Å². The molecule has 11 atom stereocenters. The molecule has 1 saturated heterocycles. The van der Waals surface area contributed by atoms with Crippen LogP contribution in [0.25, 0.3) is 0 Å². The van der Waals surface area contributed by atoms with Crippen LogP contribution in [0.2, 0.25) is 0 Å². The van der Waals surface area contributed by atoms with Crippen molar-refractivity contribution in [3.05, 3.63) is 0 Å². The van der Waals surface area contributed by atoms with E-state index >= 15 is 0 Å². The minimum atomic E-state index is -0.879. The van der Waals surface area contributed by atoms with Gasteiger partial charge in [0.2, 0.25) is 0 Å². The van der Waals surface area contributed by atoms with Crippen molar-refractivity contribution >= 4 is 0 Å². The summed E-state index contributed by atoms with van der Waals surface area (Å²) >= 11 is 0. The summed E-state index contributed by atoms with van der Waals surface area (Å²) in [4.78, 5) is 0. The van der Waals surface area contributed by atoms with Gasteiger partial charge < -0.3 is 25.8 Å². The zero-order chi connectivity index (χ0) is 24.7. The van der Waals surface area contributed by atoms with Gasteiger partial charge in [-0.2, -0.15) is 0 Å². The Bertz CT molecular complexity index is 884. The molecular weight excluding hydrogens is 426 g/mol. The van der Waals surface area contributed by atoms with E-state index in [-0.39, 0.29) is 34.5 Å². The first kappa shape index (κ1) is 24.2. The lowest BCUT2D eigenvalue weighted by Gasteiger charge is -2.63. The molecule has 0 bridgehead atoms. The summed E-state index contributed by atoms with van der Waals surface area (Å²) in [7, 11) is 0. The number of aliphatic hydroxyl groups excluding tert-OH is 2. The third kappa shape index (κ3) is 2.60. The zero-order valence-electron chi connectivity index (χ0n) is 22.4. The lowest BCUT2D eigenvalue weighted by Crippen LogP contribution is -2.67. The van der Waals surface area contributed by atoms with Gasteiger partial charge in [-0.15, -0.1) is 0 Å². The molecule has 5 aliphatic carbocycles. The molecule has 3 unspecified atom stereocenters. The van der Waals surface area contributed by atoms with Crippen LogP contribution in [0.1, 0.15) is 106 Å².